The lowest BCUT2D eigenvalue weighted by Gasteiger charge is -2.46. The fraction of sp³-hybridized carbons (Fsp3) is 0.333. The minimum absolute atomic E-state index is 0.0774. The largest absolute Gasteiger partial charge is 0.360 e. The highest BCUT2D eigenvalue weighted by atomic mass is 16.1. The predicted molar refractivity (Wildman–Crippen MR) is 130 cm³/mol. The van der Waals surface area contributed by atoms with Gasteiger partial charge in [0.2, 0.25) is 0 Å². The number of amides is 1. The molecule has 4 heteroatoms. The standard InChI is InChI=1S/C27H31N3O/c1-17(2)30-25-12-11-21(14-23(25)19(4)15-27(30,6)7)13-22(16-28)26(31)29-24-10-8-9-18(3)20(24)5/h8-15,17H,1-7H3,(H,29,31)/b22-13-. The van der Waals surface area contributed by atoms with Gasteiger partial charge in [0, 0.05) is 23.0 Å². The molecule has 1 amide bonds. The summed E-state index contributed by atoms with van der Waals surface area (Å²) in [5.41, 5.74) is 7.17. The van der Waals surface area contributed by atoms with E-state index in [1.807, 2.05) is 38.1 Å². The summed E-state index contributed by atoms with van der Waals surface area (Å²) >= 11 is 0. The molecule has 2 aromatic carbocycles. The molecule has 0 aromatic heterocycles. The number of fused-ring (bicyclic) bond motifs is 1. The maximum Gasteiger partial charge on any atom is 0.266 e. The van der Waals surface area contributed by atoms with Crippen molar-refractivity contribution in [2.75, 3.05) is 10.2 Å². The number of benzene rings is 2. The van der Waals surface area contributed by atoms with Gasteiger partial charge in [-0.3, -0.25) is 4.79 Å². The van der Waals surface area contributed by atoms with Gasteiger partial charge in [-0.05, 0) is 95.0 Å². The van der Waals surface area contributed by atoms with E-state index in [0.29, 0.717) is 6.04 Å². The lowest BCUT2D eigenvalue weighted by Crippen LogP contribution is -2.49. The van der Waals surface area contributed by atoms with Crippen LogP contribution in [0.3, 0.4) is 0 Å². The molecule has 0 fully saturated rings. The minimum atomic E-state index is -0.397. The molecule has 0 saturated carbocycles. The van der Waals surface area contributed by atoms with E-state index in [0.717, 1.165) is 27.9 Å². The first-order chi connectivity index (χ1) is 14.5. The monoisotopic (exact) mass is 413 g/mol. The smallest absolute Gasteiger partial charge is 0.266 e. The fourth-order valence-electron chi connectivity index (χ4n) is 4.49. The van der Waals surface area contributed by atoms with Gasteiger partial charge in [-0.15, -0.1) is 0 Å². The number of nitriles is 1. The zero-order valence-electron chi connectivity index (χ0n) is 19.5. The molecule has 3 rings (SSSR count). The van der Waals surface area contributed by atoms with Crippen LogP contribution in [-0.4, -0.2) is 17.5 Å². The van der Waals surface area contributed by atoms with Crippen LogP contribution < -0.4 is 10.2 Å². The molecule has 2 aromatic rings. The van der Waals surface area contributed by atoms with Crippen LogP contribution in [0.4, 0.5) is 11.4 Å². The summed E-state index contributed by atoms with van der Waals surface area (Å²) in [4.78, 5) is 15.2. The van der Waals surface area contributed by atoms with Crippen molar-refractivity contribution in [1.82, 2.24) is 0 Å². The summed E-state index contributed by atoms with van der Waals surface area (Å²) < 4.78 is 0. The summed E-state index contributed by atoms with van der Waals surface area (Å²) in [7, 11) is 0. The lowest BCUT2D eigenvalue weighted by molar-refractivity contribution is -0.112. The molecule has 0 bridgehead atoms. The van der Waals surface area contributed by atoms with Crippen molar-refractivity contribution in [3.63, 3.8) is 0 Å². The second-order valence-electron chi connectivity index (χ2n) is 9.09. The van der Waals surface area contributed by atoms with Crippen LogP contribution in [0.2, 0.25) is 0 Å². The van der Waals surface area contributed by atoms with Gasteiger partial charge in [-0.2, -0.15) is 5.26 Å². The van der Waals surface area contributed by atoms with Gasteiger partial charge in [0.1, 0.15) is 11.6 Å². The van der Waals surface area contributed by atoms with E-state index in [1.54, 1.807) is 6.08 Å². The van der Waals surface area contributed by atoms with Gasteiger partial charge in [0.05, 0.1) is 5.54 Å². The normalized spacial score (nSPS) is 15.3. The van der Waals surface area contributed by atoms with E-state index in [1.165, 1.54) is 11.3 Å². The second kappa shape index (κ2) is 8.43. The number of nitrogens with zero attached hydrogens (tertiary/aromatic N) is 2. The lowest BCUT2D eigenvalue weighted by atomic mass is 9.87. The molecule has 0 aliphatic carbocycles. The van der Waals surface area contributed by atoms with Gasteiger partial charge < -0.3 is 10.2 Å². The van der Waals surface area contributed by atoms with Crippen molar-refractivity contribution < 1.29 is 4.79 Å². The highest BCUT2D eigenvalue weighted by molar-refractivity contribution is 6.10. The first-order valence-electron chi connectivity index (χ1n) is 10.7. The first kappa shape index (κ1) is 22.4. The van der Waals surface area contributed by atoms with Gasteiger partial charge in [0.25, 0.3) is 5.91 Å². The van der Waals surface area contributed by atoms with Crippen LogP contribution in [0, 0.1) is 25.2 Å². The third-order valence-electron chi connectivity index (χ3n) is 5.94. The van der Waals surface area contributed by atoms with Crippen LogP contribution in [0.5, 0.6) is 0 Å². The number of hydrogen-bond acceptors (Lipinski definition) is 3. The van der Waals surface area contributed by atoms with Crippen LogP contribution in [0.25, 0.3) is 11.6 Å². The number of carbonyl (C=O) groups excluding carboxylic acids is 1. The zero-order valence-corrected chi connectivity index (χ0v) is 19.5. The van der Waals surface area contributed by atoms with E-state index in [4.69, 9.17) is 0 Å². The molecular formula is C27H31N3O. The molecule has 31 heavy (non-hydrogen) atoms. The number of anilines is 2. The summed E-state index contributed by atoms with van der Waals surface area (Å²) in [6, 6.07) is 14.3. The number of aryl methyl sites for hydroxylation is 1. The molecule has 1 aliphatic rings. The molecule has 4 nitrogen and oxygen atoms in total. The van der Waals surface area contributed by atoms with Gasteiger partial charge in [0.15, 0.2) is 0 Å². The third kappa shape index (κ3) is 4.41. The molecule has 1 aliphatic heterocycles. The van der Waals surface area contributed by atoms with E-state index in [2.05, 4.69) is 69.1 Å². The second-order valence-corrected chi connectivity index (χ2v) is 9.09. The molecule has 0 saturated heterocycles. The number of nitrogens with one attached hydrogen (secondary N) is 1. The van der Waals surface area contributed by atoms with E-state index >= 15 is 0 Å². The van der Waals surface area contributed by atoms with Crippen LogP contribution in [-0.2, 0) is 4.79 Å². The Balaban J connectivity index is 1.96. The number of hydrogen-bond donors (Lipinski definition) is 1. The zero-order chi connectivity index (χ0) is 22.9. The molecule has 0 radical (unpaired) electrons. The average Bonchev–Trinajstić information content (AvgIpc) is 2.68. The van der Waals surface area contributed by atoms with Gasteiger partial charge >= 0.3 is 0 Å². The van der Waals surface area contributed by atoms with Crippen LogP contribution in [0.15, 0.2) is 48.0 Å². The molecule has 1 heterocycles. The number of carbonyl (C=O) groups is 1. The summed E-state index contributed by atoms with van der Waals surface area (Å²) in [5.74, 6) is -0.397. The molecule has 1 N–H and O–H groups in total. The Morgan fingerprint density at radius 1 is 1.16 bits per heavy atom. The SMILES string of the molecule is CC1=CC(C)(C)N(C(C)C)c2ccc(/C=C(/C#N)C(=O)Nc3cccc(C)c3C)cc21. The molecule has 0 spiro atoms. The van der Waals surface area contributed by atoms with E-state index < -0.39 is 5.91 Å². The summed E-state index contributed by atoms with van der Waals surface area (Å²) in [6.45, 7) is 14.9. The number of allylic oxidation sites excluding steroid dienone is 1. The fourth-order valence-corrected chi connectivity index (χ4v) is 4.49. The Labute approximate surface area is 185 Å². The maximum atomic E-state index is 12.8. The Morgan fingerprint density at radius 3 is 2.52 bits per heavy atom. The predicted octanol–water partition coefficient (Wildman–Crippen LogP) is 6.26. The highest BCUT2D eigenvalue weighted by Gasteiger charge is 2.32. The Bertz CT molecular complexity index is 1130. The maximum absolute atomic E-state index is 12.8. The highest BCUT2D eigenvalue weighted by Crippen LogP contribution is 2.40. The molecule has 0 atom stereocenters. The third-order valence-corrected chi connectivity index (χ3v) is 5.94. The van der Waals surface area contributed by atoms with Gasteiger partial charge in [-0.1, -0.05) is 24.3 Å². The number of rotatable bonds is 4. The Kier molecular flexibility index (Phi) is 6.08. The Morgan fingerprint density at radius 2 is 1.87 bits per heavy atom. The summed E-state index contributed by atoms with van der Waals surface area (Å²) in [6.07, 6.45) is 3.94. The average molecular weight is 414 g/mol. The summed E-state index contributed by atoms with van der Waals surface area (Å²) in [5, 5.41) is 12.5. The molecule has 0 unspecified atom stereocenters. The quantitative estimate of drug-likeness (QED) is 0.475. The van der Waals surface area contributed by atoms with Gasteiger partial charge in [-0.25, -0.2) is 0 Å². The van der Waals surface area contributed by atoms with Crippen LogP contribution in [0.1, 0.15) is 56.9 Å². The van der Waals surface area contributed by atoms with Crippen molar-refractivity contribution in [3.05, 3.63) is 70.3 Å². The topological polar surface area (TPSA) is 56.1 Å². The van der Waals surface area contributed by atoms with E-state index in [9.17, 15) is 10.1 Å². The van der Waals surface area contributed by atoms with E-state index in [-0.39, 0.29) is 11.1 Å². The van der Waals surface area contributed by atoms with Crippen LogP contribution >= 0.6 is 0 Å². The van der Waals surface area contributed by atoms with Crippen molar-refractivity contribution in [2.45, 2.75) is 60.0 Å². The Hall–Kier alpha value is -3.32. The molecule has 160 valence electrons. The molecular weight excluding hydrogens is 382 g/mol. The van der Waals surface area contributed by atoms with Crippen molar-refractivity contribution in [1.29, 1.82) is 5.26 Å². The minimum Gasteiger partial charge on any atom is -0.360 e. The van der Waals surface area contributed by atoms with Crippen molar-refractivity contribution >= 4 is 28.9 Å². The van der Waals surface area contributed by atoms with Crippen molar-refractivity contribution in [2.24, 2.45) is 0 Å². The first-order valence-corrected chi connectivity index (χ1v) is 10.7. The van der Waals surface area contributed by atoms with Crippen molar-refractivity contribution in [3.8, 4) is 6.07 Å².